The minimum Gasteiger partial charge on any atom is -0.369 e. The van der Waals surface area contributed by atoms with E-state index in [4.69, 9.17) is 0 Å². The maximum absolute atomic E-state index is 2.74. The van der Waals surface area contributed by atoms with Gasteiger partial charge in [0, 0.05) is 38.4 Å². The summed E-state index contributed by atoms with van der Waals surface area (Å²) in [6.07, 6.45) is 0. The van der Waals surface area contributed by atoms with E-state index in [1.165, 1.54) is 30.6 Å². The van der Waals surface area contributed by atoms with E-state index in [1.807, 2.05) is 0 Å². The summed E-state index contributed by atoms with van der Waals surface area (Å²) in [7, 11) is 2.74. The first kappa shape index (κ1) is 12.9. The van der Waals surface area contributed by atoms with Crippen molar-refractivity contribution in [3.05, 3.63) is 24.3 Å². The molecule has 1 aromatic carbocycles. The molecule has 0 spiro atoms. The summed E-state index contributed by atoms with van der Waals surface area (Å²) < 4.78 is 0. The van der Waals surface area contributed by atoms with Crippen molar-refractivity contribution in [2.75, 3.05) is 37.6 Å². The monoisotopic (exact) mass is 250 g/mol. The fourth-order valence-corrected chi connectivity index (χ4v) is 2.58. The molecule has 94 valence electrons. The summed E-state index contributed by atoms with van der Waals surface area (Å²) >= 11 is 0. The molecule has 0 N–H and O–H groups in total. The Labute approximate surface area is 107 Å². The third-order valence-corrected chi connectivity index (χ3v) is 3.64. The zero-order valence-electron chi connectivity index (χ0n) is 10.9. The molecule has 1 aliphatic rings. The van der Waals surface area contributed by atoms with Crippen LogP contribution in [0.4, 0.5) is 5.69 Å². The zero-order valence-corrected chi connectivity index (χ0v) is 12.0. The highest BCUT2D eigenvalue weighted by atomic mass is 31.0. The molecule has 17 heavy (non-hydrogen) atoms. The number of nitrogens with zero attached hydrogens (tertiary/aromatic N) is 2. The van der Waals surface area contributed by atoms with Crippen LogP contribution >= 0.6 is 9.24 Å². The molecule has 3 heteroatoms. The molecule has 0 radical (unpaired) electrons. The van der Waals surface area contributed by atoms with E-state index in [1.54, 1.807) is 0 Å². The van der Waals surface area contributed by atoms with Crippen molar-refractivity contribution in [3.8, 4) is 0 Å². The fraction of sp³-hybridized carbons (Fsp3) is 0.571. The first-order valence-corrected chi connectivity index (χ1v) is 7.06. The van der Waals surface area contributed by atoms with Crippen LogP contribution in [0.2, 0.25) is 0 Å². The van der Waals surface area contributed by atoms with Gasteiger partial charge in [0.15, 0.2) is 0 Å². The van der Waals surface area contributed by atoms with Crippen molar-refractivity contribution < 1.29 is 0 Å². The Hall–Kier alpha value is -0.590. The first-order chi connectivity index (χ1) is 8.15. The minimum atomic E-state index is 0.776. The molecule has 0 aromatic heterocycles. The van der Waals surface area contributed by atoms with Gasteiger partial charge in [0.05, 0.1) is 0 Å². The average molecular weight is 250 g/mol. The van der Waals surface area contributed by atoms with Crippen LogP contribution in [0.25, 0.3) is 0 Å². The molecule has 1 unspecified atom stereocenters. The standard InChI is InChI=1S/C14H23N2P/c1-12(2)11-15-7-9-16(10-8-15)13-3-5-14(17)6-4-13/h3-6,12H,7-11,17H2,1-2H3. The topological polar surface area (TPSA) is 6.48 Å². The molecule has 1 aliphatic heterocycles. The van der Waals surface area contributed by atoms with E-state index >= 15 is 0 Å². The highest BCUT2D eigenvalue weighted by molar-refractivity contribution is 7.27. The molecule has 1 atom stereocenters. The summed E-state index contributed by atoms with van der Waals surface area (Å²) in [5, 5.41) is 1.26. The second kappa shape index (κ2) is 5.84. The molecule has 0 saturated carbocycles. The van der Waals surface area contributed by atoms with Crippen LogP contribution in [-0.4, -0.2) is 37.6 Å². The van der Waals surface area contributed by atoms with Gasteiger partial charge in [-0.2, -0.15) is 0 Å². The van der Waals surface area contributed by atoms with E-state index in [9.17, 15) is 0 Å². The highest BCUT2D eigenvalue weighted by Crippen LogP contribution is 2.16. The maximum atomic E-state index is 2.74. The number of rotatable bonds is 3. The maximum Gasteiger partial charge on any atom is 0.0367 e. The van der Waals surface area contributed by atoms with Gasteiger partial charge >= 0.3 is 0 Å². The van der Waals surface area contributed by atoms with Gasteiger partial charge < -0.3 is 4.90 Å². The van der Waals surface area contributed by atoms with Crippen LogP contribution in [0, 0.1) is 5.92 Å². The lowest BCUT2D eigenvalue weighted by atomic mass is 10.2. The van der Waals surface area contributed by atoms with Crippen molar-refractivity contribution in [1.82, 2.24) is 4.90 Å². The van der Waals surface area contributed by atoms with Crippen LogP contribution in [0.5, 0.6) is 0 Å². The van der Waals surface area contributed by atoms with Crippen molar-refractivity contribution in [1.29, 1.82) is 0 Å². The van der Waals surface area contributed by atoms with E-state index < -0.39 is 0 Å². The van der Waals surface area contributed by atoms with Crippen LogP contribution in [0.3, 0.4) is 0 Å². The van der Waals surface area contributed by atoms with Crippen molar-refractivity contribution >= 4 is 20.2 Å². The van der Waals surface area contributed by atoms with Gasteiger partial charge in [-0.05, 0) is 23.4 Å². The smallest absolute Gasteiger partial charge is 0.0367 e. The molecule has 2 rings (SSSR count). The zero-order chi connectivity index (χ0) is 12.3. The van der Waals surface area contributed by atoms with Gasteiger partial charge in [-0.15, -0.1) is 9.24 Å². The molecule has 1 aromatic rings. The van der Waals surface area contributed by atoms with E-state index in [0.29, 0.717) is 0 Å². The quantitative estimate of drug-likeness (QED) is 0.757. The Morgan fingerprint density at radius 2 is 1.65 bits per heavy atom. The van der Waals surface area contributed by atoms with Crippen LogP contribution in [0.15, 0.2) is 24.3 Å². The second-order valence-corrected chi connectivity index (χ2v) is 5.94. The molecular formula is C14H23N2P. The summed E-state index contributed by atoms with van der Waals surface area (Å²) in [5.74, 6) is 0.776. The molecular weight excluding hydrogens is 227 g/mol. The molecule has 0 amide bonds. The molecule has 1 heterocycles. The number of hydrogen-bond acceptors (Lipinski definition) is 2. The Morgan fingerprint density at radius 3 is 2.18 bits per heavy atom. The SMILES string of the molecule is CC(C)CN1CCN(c2ccc(P)cc2)CC1. The van der Waals surface area contributed by atoms with Gasteiger partial charge in [-0.25, -0.2) is 0 Å². The second-order valence-electron chi connectivity index (χ2n) is 5.27. The Kier molecular flexibility index (Phi) is 4.42. The number of benzene rings is 1. The van der Waals surface area contributed by atoms with Crippen molar-refractivity contribution in [2.45, 2.75) is 13.8 Å². The van der Waals surface area contributed by atoms with Crippen molar-refractivity contribution in [2.24, 2.45) is 5.92 Å². The lowest BCUT2D eigenvalue weighted by Crippen LogP contribution is -2.47. The van der Waals surface area contributed by atoms with Crippen LogP contribution in [0.1, 0.15) is 13.8 Å². The fourth-order valence-electron chi connectivity index (χ4n) is 2.39. The van der Waals surface area contributed by atoms with E-state index in [0.717, 1.165) is 19.0 Å². The van der Waals surface area contributed by atoms with E-state index in [2.05, 4.69) is 57.2 Å². The normalized spacial score (nSPS) is 17.8. The predicted molar refractivity (Wildman–Crippen MR) is 79.3 cm³/mol. The summed E-state index contributed by atoms with van der Waals surface area (Å²) in [6.45, 7) is 10.5. The van der Waals surface area contributed by atoms with Gasteiger partial charge in [-0.1, -0.05) is 26.0 Å². The molecule has 2 nitrogen and oxygen atoms in total. The molecule has 1 fully saturated rings. The molecule has 0 aliphatic carbocycles. The lowest BCUT2D eigenvalue weighted by Gasteiger charge is -2.36. The van der Waals surface area contributed by atoms with Crippen molar-refractivity contribution in [3.63, 3.8) is 0 Å². The van der Waals surface area contributed by atoms with Gasteiger partial charge in [0.25, 0.3) is 0 Å². The third kappa shape index (κ3) is 3.69. The minimum absolute atomic E-state index is 0.776. The lowest BCUT2D eigenvalue weighted by molar-refractivity contribution is 0.231. The molecule has 1 saturated heterocycles. The Balaban J connectivity index is 1.88. The third-order valence-electron chi connectivity index (χ3n) is 3.25. The van der Waals surface area contributed by atoms with Gasteiger partial charge in [0.2, 0.25) is 0 Å². The molecule has 0 bridgehead atoms. The Morgan fingerprint density at radius 1 is 1.06 bits per heavy atom. The van der Waals surface area contributed by atoms with E-state index in [-0.39, 0.29) is 0 Å². The van der Waals surface area contributed by atoms with Gasteiger partial charge in [0.1, 0.15) is 0 Å². The average Bonchev–Trinajstić information content (AvgIpc) is 2.30. The number of hydrogen-bond donors (Lipinski definition) is 0. The summed E-state index contributed by atoms with van der Waals surface area (Å²) in [4.78, 5) is 5.06. The first-order valence-electron chi connectivity index (χ1n) is 6.48. The number of anilines is 1. The number of piperazine rings is 1. The van der Waals surface area contributed by atoms with Crippen LogP contribution < -0.4 is 10.2 Å². The Bertz CT molecular complexity index is 340. The highest BCUT2D eigenvalue weighted by Gasteiger charge is 2.17. The largest absolute Gasteiger partial charge is 0.369 e. The summed E-state index contributed by atoms with van der Waals surface area (Å²) in [6, 6.07) is 8.78. The van der Waals surface area contributed by atoms with Gasteiger partial charge in [-0.3, -0.25) is 4.90 Å². The summed E-state index contributed by atoms with van der Waals surface area (Å²) in [5.41, 5.74) is 1.36. The predicted octanol–water partition coefficient (Wildman–Crippen LogP) is 1.97. The van der Waals surface area contributed by atoms with Crippen LogP contribution in [-0.2, 0) is 0 Å².